The largest absolute Gasteiger partial charge is 0.394 e. The van der Waals surface area contributed by atoms with Crippen molar-refractivity contribution in [2.24, 2.45) is 10.7 Å². The van der Waals surface area contributed by atoms with Gasteiger partial charge >= 0.3 is 10.4 Å². The molecule has 0 aliphatic carbocycles. The van der Waals surface area contributed by atoms with Crippen molar-refractivity contribution in [3.63, 3.8) is 0 Å². The van der Waals surface area contributed by atoms with Crippen LogP contribution in [0.1, 0.15) is 25.7 Å². The van der Waals surface area contributed by atoms with Gasteiger partial charge in [0.25, 0.3) is 0 Å². The molecule has 0 aromatic carbocycles. The molecule has 0 atom stereocenters. The Kier molecular flexibility index (Phi) is 5.60. The summed E-state index contributed by atoms with van der Waals surface area (Å²) < 4.78 is 31.6. The van der Waals surface area contributed by atoms with Gasteiger partial charge in [0, 0.05) is 13.0 Å². The van der Waals surface area contributed by atoms with Gasteiger partial charge in [0.05, 0.1) is 5.84 Å². The van der Waals surface area contributed by atoms with Crippen molar-refractivity contribution in [1.82, 2.24) is 0 Å². The molecule has 1 aliphatic rings. The van der Waals surface area contributed by atoms with E-state index in [-0.39, 0.29) is 0 Å². The van der Waals surface area contributed by atoms with Gasteiger partial charge in [-0.05, 0) is 12.8 Å². The van der Waals surface area contributed by atoms with Crippen LogP contribution in [0, 0.1) is 0 Å². The molecule has 1 rings (SSSR count). The monoisotopic (exact) mass is 210 g/mol. The Morgan fingerprint density at radius 1 is 1.23 bits per heavy atom. The standard InChI is InChI=1S/C6H12N2.H2O4S/c7-6-4-2-1-3-5-8-6;1-5(2,3)4/h1-5H2,(H2,7,8);(H2,1,2,3,4). The highest BCUT2D eigenvalue weighted by atomic mass is 32.3. The lowest BCUT2D eigenvalue weighted by Gasteiger charge is -1.90. The number of rotatable bonds is 0. The Bertz CT molecular complexity index is 252. The molecule has 0 radical (unpaired) electrons. The van der Waals surface area contributed by atoms with Crippen LogP contribution in [0.25, 0.3) is 0 Å². The summed E-state index contributed by atoms with van der Waals surface area (Å²) in [5.74, 6) is 0.850. The topological polar surface area (TPSA) is 113 Å². The minimum absolute atomic E-state index is 0.850. The maximum absolute atomic E-state index is 8.74. The minimum Gasteiger partial charge on any atom is -0.387 e. The van der Waals surface area contributed by atoms with Crippen LogP contribution >= 0.6 is 0 Å². The smallest absolute Gasteiger partial charge is 0.387 e. The molecule has 1 heterocycles. The molecule has 0 saturated carbocycles. The van der Waals surface area contributed by atoms with Gasteiger partial charge in [-0.1, -0.05) is 6.42 Å². The molecule has 0 spiro atoms. The third-order valence-corrected chi connectivity index (χ3v) is 1.41. The van der Waals surface area contributed by atoms with E-state index in [1.165, 1.54) is 19.3 Å². The first-order valence-corrected chi connectivity index (χ1v) is 5.28. The van der Waals surface area contributed by atoms with Crippen molar-refractivity contribution in [3.8, 4) is 0 Å². The van der Waals surface area contributed by atoms with E-state index in [1.54, 1.807) is 0 Å². The van der Waals surface area contributed by atoms with E-state index in [9.17, 15) is 0 Å². The Balaban J connectivity index is 0.000000252. The fourth-order valence-corrected chi connectivity index (χ4v) is 0.896. The second-order valence-corrected chi connectivity index (χ2v) is 3.53. The molecule has 0 amide bonds. The van der Waals surface area contributed by atoms with Crippen molar-refractivity contribution in [2.45, 2.75) is 25.7 Å². The summed E-state index contributed by atoms with van der Waals surface area (Å²) in [6.45, 7) is 0.950. The molecule has 7 heteroatoms. The van der Waals surface area contributed by atoms with Gasteiger partial charge in [0.2, 0.25) is 0 Å². The van der Waals surface area contributed by atoms with Gasteiger partial charge in [0.15, 0.2) is 0 Å². The van der Waals surface area contributed by atoms with Crippen LogP contribution in [0.2, 0.25) is 0 Å². The van der Waals surface area contributed by atoms with Crippen LogP contribution < -0.4 is 5.73 Å². The molecule has 0 aromatic heterocycles. The predicted octanol–water partition coefficient (Wildman–Crippen LogP) is 0.265. The van der Waals surface area contributed by atoms with E-state index in [1.807, 2.05) is 0 Å². The lowest BCUT2D eigenvalue weighted by molar-refractivity contribution is 0.381. The fraction of sp³-hybridized carbons (Fsp3) is 0.833. The molecule has 78 valence electrons. The van der Waals surface area contributed by atoms with Gasteiger partial charge in [-0.15, -0.1) is 0 Å². The predicted molar refractivity (Wildman–Crippen MR) is 49.1 cm³/mol. The number of hydrogen-bond acceptors (Lipinski definition) is 4. The van der Waals surface area contributed by atoms with Crippen molar-refractivity contribution in [1.29, 1.82) is 0 Å². The van der Waals surface area contributed by atoms with E-state index in [0.717, 1.165) is 18.8 Å². The van der Waals surface area contributed by atoms with Gasteiger partial charge < -0.3 is 5.73 Å². The highest BCUT2D eigenvalue weighted by molar-refractivity contribution is 7.79. The second-order valence-electron chi connectivity index (χ2n) is 2.63. The molecule has 0 fully saturated rings. The van der Waals surface area contributed by atoms with Crippen LogP contribution in [-0.4, -0.2) is 29.9 Å². The van der Waals surface area contributed by atoms with Crippen LogP contribution in [0.15, 0.2) is 4.99 Å². The van der Waals surface area contributed by atoms with Crippen LogP contribution in [0.4, 0.5) is 0 Å². The van der Waals surface area contributed by atoms with E-state index in [2.05, 4.69) is 4.99 Å². The molecule has 1 aliphatic heterocycles. The van der Waals surface area contributed by atoms with E-state index >= 15 is 0 Å². The number of amidine groups is 1. The number of aliphatic imine (C=N–C) groups is 1. The summed E-state index contributed by atoms with van der Waals surface area (Å²) in [6.07, 6.45) is 4.76. The van der Waals surface area contributed by atoms with Crippen LogP contribution in [0.3, 0.4) is 0 Å². The average Bonchev–Trinajstić information content (AvgIpc) is 2.12. The lowest BCUT2D eigenvalue weighted by Crippen LogP contribution is -2.09. The average molecular weight is 210 g/mol. The molecule has 13 heavy (non-hydrogen) atoms. The highest BCUT2D eigenvalue weighted by Crippen LogP contribution is 2.03. The third kappa shape index (κ3) is 14.2. The van der Waals surface area contributed by atoms with Crippen LogP contribution in [-0.2, 0) is 10.4 Å². The summed E-state index contributed by atoms with van der Waals surface area (Å²) in [4.78, 5) is 4.12. The first-order chi connectivity index (χ1) is 5.89. The molecule has 4 N–H and O–H groups in total. The highest BCUT2D eigenvalue weighted by Gasteiger charge is 1.97. The van der Waals surface area contributed by atoms with Crippen molar-refractivity contribution >= 4 is 16.2 Å². The lowest BCUT2D eigenvalue weighted by atomic mass is 10.2. The summed E-state index contributed by atoms with van der Waals surface area (Å²) in [5.41, 5.74) is 5.48. The maximum Gasteiger partial charge on any atom is 0.394 e. The summed E-state index contributed by atoms with van der Waals surface area (Å²) >= 11 is 0. The molecular formula is C6H14N2O4S. The summed E-state index contributed by atoms with van der Waals surface area (Å²) in [6, 6.07) is 0. The third-order valence-electron chi connectivity index (χ3n) is 1.41. The molecule has 0 bridgehead atoms. The first kappa shape index (κ1) is 12.3. The Morgan fingerprint density at radius 3 is 2.31 bits per heavy atom. The summed E-state index contributed by atoms with van der Waals surface area (Å²) in [7, 11) is -4.67. The molecule has 0 unspecified atom stereocenters. The fourth-order valence-electron chi connectivity index (χ4n) is 0.896. The Hall–Kier alpha value is -0.660. The Labute approximate surface area is 77.4 Å². The SMILES string of the molecule is NC1=NCCCCC1.O=S(=O)(O)O. The maximum atomic E-state index is 8.74. The number of hydrogen-bond donors (Lipinski definition) is 3. The van der Waals surface area contributed by atoms with E-state index in [0.29, 0.717) is 0 Å². The van der Waals surface area contributed by atoms with E-state index < -0.39 is 10.4 Å². The quantitative estimate of drug-likeness (QED) is 0.496. The zero-order valence-electron chi connectivity index (χ0n) is 7.18. The van der Waals surface area contributed by atoms with Crippen LogP contribution in [0.5, 0.6) is 0 Å². The Morgan fingerprint density at radius 2 is 1.77 bits per heavy atom. The second kappa shape index (κ2) is 5.90. The minimum atomic E-state index is -4.67. The summed E-state index contributed by atoms with van der Waals surface area (Å²) in [5, 5.41) is 0. The molecule has 0 aromatic rings. The van der Waals surface area contributed by atoms with Crippen molar-refractivity contribution < 1.29 is 17.5 Å². The van der Waals surface area contributed by atoms with E-state index in [4.69, 9.17) is 23.3 Å². The first-order valence-electron chi connectivity index (χ1n) is 3.88. The number of nitrogens with two attached hydrogens (primary N) is 1. The van der Waals surface area contributed by atoms with Crippen molar-refractivity contribution in [2.75, 3.05) is 6.54 Å². The van der Waals surface area contributed by atoms with Gasteiger partial charge in [-0.2, -0.15) is 8.42 Å². The van der Waals surface area contributed by atoms with Gasteiger partial charge in [0.1, 0.15) is 0 Å². The van der Waals surface area contributed by atoms with Crippen molar-refractivity contribution in [3.05, 3.63) is 0 Å². The zero-order valence-corrected chi connectivity index (χ0v) is 8.00. The molecule has 0 saturated heterocycles. The normalized spacial score (nSPS) is 17.8. The van der Waals surface area contributed by atoms with Gasteiger partial charge in [-0.25, -0.2) is 0 Å². The number of nitrogens with zero attached hydrogens (tertiary/aromatic N) is 1. The molecular weight excluding hydrogens is 196 g/mol. The van der Waals surface area contributed by atoms with Gasteiger partial charge in [-0.3, -0.25) is 14.1 Å². The zero-order chi connectivity index (χ0) is 10.3. The molecule has 6 nitrogen and oxygen atoms in total.